The van der Waals surface area contributed by atoms with E-state index in [1.165, 1.54) is 44.9 Å². The average Bonchev–Trinajstić information content (AvgIpc) is 3.11. The van der Waals surface area contributed by atoms with E-state index >= 15 is 0 Å². The van der Waals surface area contributed by atoms with Gasteiger partial charge in [-0.05, 0) is 25.7 Å². The van der Waals surface area contributed by atoms with Gasteiger partial charge in [0, 0.05) is 32.2 Å². The zero-order valence-electron chi connectivity index (χ0n) is 14.4. The number of amides is 2. The third-order valence-electron chi connectivity index (χ3n) is 6.05. The molecule has 1 saturated heterocycles. The van der Waals surface area contributed by atoms with Crippen molar-refractivity contribution in [3.8, 4) is 0 Å². The predicted molar refractivity (Wildman–Crippen MR) is 90.0 cm³/mol. The lowest BCUT2D eigenvalue weighted by Crippen LogP contribution is -2.59. The lowest BCUT2D eigenvalue weighted by atomic mass is 9.94. The van der Waals surface area contributed by atoms with E-state index < -0.39 is 0 Å². The molecule has 3 aliphatic rings. The van der Waals surface area contributed by atoms with Crippen LogP contribution in [0.3, 0.4) is 0 Å². The van der Waals surface area contributed by atoms with E-state index in [4.69, 9.17) is 0 Å². The van der Waals surface area contributed by atoms with Crippen LogP contribution >= 0.6 is 0 Å². The molecule has 2 aliphatic carbocycles. The monoisotopic (exact) mass is 321 g/mol. The van der Waals surface area contributed by atoms with Crippen LogP contribution in [0, 0.1) is 0 Å². The number of hydrogen-bond donors (Lipinski definition) is 1. The maximum atomic E-state index is 12.7. The van der Waals surface area contributed by atoms with Gasteiger partial charge in [0.25, 0.3) is 0 Å². The molecule has 0 aromatic rings. The number of nitrogens with one attached hydrogen (secondary N) is 1. The summed E-state index contributed by atoms with van der Waals surface area (Å²) < 4.78 is 0. The maximum Gasteiger partial charge on any atom is 0.237 e. The molecule has 1 unspecified atom stereocenters. The summed E-state index contributed by atoms with van der Waals surface area (Å²) in [7, 11) is 1.93. The molecule has 0 aromatic heterocycles. The van der Waals surface area contributed by atoms with Crippen molar-refractivity contribution in [2.75, 3.05) is 20.1 Å². The van der Waals surface area contributed by atoms with Crippen LogP contribution in [0.4, 0.5) is 0 Å². The van der Waals surface area contributed by atoms with E-state index in [0.29, 0.717) is 18.5 Å². The van der Waals surface area contributed by atoms with Gasteiger partial charge in [0.05, 0.1) is 12.5 Å². The summed E-state index contributed by atoms with van der Waals surface area (Å²) in [6.45, 7) is 1.61. The normalized spacial score (nSPS) is 27.9. The van der Waals surface area contributed by atoms with Crippen LogP contribution in [0.15, 0.2) is 0 Å². The van der Waals surface area contributed by atoms with Gasteiger partial charge >= 0.3 is 0 Å². The zero-order chi connectivity index (χ0) is 16.2. The molecule has 3 fully saturated rings. The summed E-state index contributed by atoms with van der Waals surface area (Å²) in [5.41, 5.74) is 0. The lowest BCUT2D eigenvalue weighted by Gasteiger charge is -2.40. The first kappa shape index (κ1) is 16.7. The molecule has 1 N–H and O–H groups in total. The highest BCUT2D eigenvalue weighted by atomic mass is 16.2. The van der Waals surface area contributed by atoms with Gasteiger partial charge in [-0.2, -0.15) is 0 Å². The fraction of sp³-hybridized carbons (Fsp3) is 0.889. The van der Waals surface area contributed by atoms with E-state index in [2.05, 4.69) is 10.2 Å². The largest absolute Gasteiger partial charge is 0.353 e. The third kappa shape index (κ3) is 3.87. The van der Waals surface area contributed by atoms with E-state index in [-0.39, 0.29) is 17.9 Å². The van der Waals surface area contributed by atoms with Crippen molar-refractivity contribution in [3.63, 3.8) is 0 Å². The molecule has 2 amide bonds. The van der Waals surface area contributed by atoms with E-state index in [1.54, 1.807) is 0 Å². The minimum Gasteiger partial charge on any atom is -0.353 e. The summed E-state index contributed by atoms with van der Waals surface area (Å²) >= 11 is 0. The average molecular weight is 321 g/mol. The van der Waals surface area contributed by atoms with Gasteiger partial charge in [0.15, 0.2) is 0 Å². The van der Waals surface area contributed by atoms with Crippen molar-refractivity contribution in [3.05, 3.63) is 0 Å². The molecular weight excluding hydrogens is 290 g/mol. The summed E-state index contributed by atoms with van der Waals surface area (Å²) in [5, 5.41) is 2.96. The van der Waals surface area contributed by atoms with Crippen LogP contribution in [0.2, 0.25) is 0 Å². The number of piperazine rings is 1. The number of carbonyl (C=O) groups excluding carboxylic acids is 2. The fourth-order valence-electron chi connectivity index (χ4n) is 4.60. The highest BCUT2D eigenvalue weighted by Crippen LogP contribution is 2.28. The van der Waals surface area contributed by atoms with Crippen LogP contribution in [-0.4, -0.2) is 59.9 Å². The molecule has 2 saturated carbocycles. The Morgan fingerprint density at radius 1 is 1.13 bits per heavy atom. The first-order chi connectivity index (χ1) is 11.2. The summed E-state index contributed by atoms with van der Waals surface area (Å²) in [6, 6.07) is 0.618. The molecule has 5 nitrogen and oxygen atoms in total. The Labute approximate surface area is 139 Å². The van der Waals surface area contributed by atoms with Crippen LogP contribution in [-0.2, 0) is 9.59 Å². The maximum absolute atomic E-state index is 12.7. The van der Waals surface area contributed by atoms with Crippen LogP contribution in [0.1, 0.15) is 64.2 Å². The van der Waals surface area contributed by atoms with Gasteiger partial charge in [-0.15, -0.1) is 0 Å². The molecule has 0 bridgehead atoms. The molecule has 1 heterocycles. The molecule has 130 valence electrons. The lowest BCUT2D eigenvalue weighted by molar-refractivity contribution is -0.140. The number of hydrogen-bond acceptors (Lipinski definition) is 3. The molecule has 1 aliphatic heterocycles. The van der Waals surface area contributed by atoms with Crippen LogP contribution in [0.25, 0.3) is 0 Å². The van der Waals surface area contributed by atoms with Crippen molar-refractivity contribution in [1.29, 1.82) is 0 Å². The SMILES string of the molecule is CN(C(=O)CC1C(=O)NCCN1C1CCCC1)C1CCCCC1. The Hall–Kier alpha value is -1.10. The second kappa shape index (κ2) is 7.65. The second-order valence-corrected chi connectivity index (χ2v) is 7.48. The number of nitrogens with zero attached hydrogens (tertiary/aromatic N) is 2. The minimum atomic E-state index is -0.259. The summed E-state index contributed by atoms with van der Waals surface area (Å²) in [6.07, 6.45) is 11.2. The molecule has 3 rings (SSSR count). The fourth-order valence-corrected chi connectivity index (χ4v) is 4.60. The highest BCUT2D eigenvalue weighted by molar-refractivity contribution is 5.89. The van der Waals surface area contributed by atoms with Crippen molar-refractivity contribution >= 4 is 11.8 Å². The Morgan fingerprint density at radius 2 is 1.78 bits per heavy atom. The Bertz CT molecular complexity index is 428. The van der Waals surface area contributed by atoms with Gasteiger partial charge in [-0.3, -0.25) is 14.5 Å². The first-order valence-electron chi connectivity index (χ1n) is 9.46. The topological polar surface area (TPSA) is 52.7 Å². The zero-order valence-corrected chi connectivity index (χ0v) is 14.4. The van der Waals surface area contributed by atoms with Crippen molar-refractivity contribution < 1.29 is 9.59 Å². The summed E-state index contributed by atoms with van der Waals surface area (Å²) in [4.78, 5) is 29.4. The van der Waals surface area contributed by atoms with Gasteiger partial charge < -0.3 is 10.2 Å². The molecule has 0 spiro atoms. The Balaban J connectivity index is 1.62. The number of rotatable bonds is 4. The molecular formula is C18H31N3O2. The quantitative estimate of drug-likeness (QED) is 0.860. The second-order valence-electron chi connectivity index (χ2n) is 7.48. The van der Waals surface area contributed by atoms with E-state index in [1.807, 2.05) is 11.9 Å². The first-order valence-corrected chi connectivity index (χ1v) is 9.46. The van der Waals surface area contributed by atoms with Crippen LogP contribution < -0.4 is 5.32 Å². The summed E-state index contributed by atoms with van der Waals surface area (Å²) in [5.74, 6) is 0.190. The number of carbonyl (C=O) groups is 2. The molecule has 0 aromatic carbocycles. The van der Waals surface area contributed by atoms with E-state index in [0.717, 1.165) is 25.9 Å². The molecule has 23 heavy (non-hydrogen) atoms. The van der Waals surface area contributed by atoms with Crippen molar-refractivity contribution in [2.45, 2.75) is 82.3 Å². The smallest absolute Gasteiger partial charge is 0.237 e. The Kier molecular flexibility index (Phi) is 5.57. The Morgan fingerprint density at radius 3 is 2.48 bits per heavy atom. The molecule has 5 heteroatoms. The van der Waals surface area contributed by atoms with Gasteiger partial charge in [0.2, 0.25) is 11.8 Å². The van der Waals surface area contributed by atoms with Gasteiger partial charge in [-0.25, -0.2) is 0 Å². The predicted octanol–water partition coefficient (Wildman–Crippen LogP) is 1.91. The third-order valence-corrected chi connectivity index (χ3v) is 6.05. The van der Waals surface area contributed by atoms with E-state index in [9.17, 15) is 9.59 Å². The minimum absolute atomic E-state index is 0.0496. The molecule has 1 atom stereocenters. The van der Waals surface area contributed by atoms with Gasteiger partial charge in [-0.1, -0.05) is 32.1 Å². The van der Waals surface area contributed by atoms with Crippen molar-refractivity contribution in [1.82, 2.24) is 15.1 Å². The highest BCUT2D eigenvalue weighted by Gasteiger charge is 2.37. The van der Waals surface area contributed by atoms with Gasteiger partial charge in [0.1, 0.15) is 0 Å². The van der Waals surface area contributed by atoms with Crippen molar-refractivity contribution in [2.24, 2.45) is 0 Å². The molecule has 0 radical (unpaired) electrons. The standard InChI is InChI=1S/C18H31N3O2/c1-20(14-7-3-2-4-8-14)17(22)13-16-18(23)19-11-12-21(16)15-9-5-6-10-15/h14-16H,2-13H2,1H3,(H,19,23). The van der Waals surface area contributed by atoms with Crippen LogP contribution in [0.5, 0.6) is 0 Å².